The van der Waals surface area contributed by atoms with Crippen LogP contribution in [0.15, 0.2) is 111 Å². The topological polar surface area (TPSA) is 200 Å². The lowest BCUT2D eigenvalue weighted by Crippen LogP contribution is -2.32. The van der Waals surface area contributed by atoms with Gasteiger partial charge in [0.2, 0.25) is 12.1 Å². The molecule has 0 aliphatic heterocycles. The van der Waals surface area contributed by atoms with E-state index >= 15 is 0 Å². The van der Waals surface area contributed by atoms with Crippen LogP contribution in [0.4, 0.5) is 34.1 Å². The van der Waals surface area contributed by atoms with E-state index in [-0.39, 0.29) is 59.8 Å². The SMILES string of the molecule is CC(=O)C(N=Nc1cc(C(=O)Nc2ccc(Cl)cc2Cl)ccc1Cl)C(=O)Nc1ccc(NC(=O)C(N=Nc2cc(C(=O)Nc3ccc(Cl)cc3Cl)ccc2Cl)C(C)=O)c(CCl)c1. The molecule has 4 amide bonds. The molecule has 5 rings (SSSR count). The summed E-state index contributed by atoms with van der Waals surface area (Å²) in [5.41, 5.74) is 1.48. The standard InChI is InChI=1S/C41H29Cl7N8O6/c1-19(57)36(55-53-34-14-21(3-8-27(34)45)38(59)51-32-10-5-24(43)16-29(32)47)40(61)49-26-7-12-31(23(13-26)18-42)50-41(62)37(20(2)58)56-54-35-15-22(4-9-28(35)46)39(60)52-33-11-6-25(44)17-30(33)48/h3-17,36-37H,18H2,1-2H3,(H,49,61)(H,50,62)(H,51,59)(H,52,60). The van der Waals surface area contributed by atoms with Crippen molar-refractivity contribution in [1.29, 1.82) is 0 Å². The third-order valence-corrected chi connectivity index (χ3v) is 10.4. The first-order chi connectivity index (χ1) is 29.4. The number of nitrogens with zero attached hydrogens (tertiary/aromatic N) is 4. The summed E-state index contributed by atoms with van der Waals surface area (Å²) in [6, 6.07) is 18.3. The highest BCUT2D eigenvalue weighted by molar-refractivity contribution is 6.38. The molecule has 5 aromatic carbocycles. The second-order valence-corrected chi connectivity index (χ2v) is 15.7. The molecular weight excluding hydrogens is 949 g/mol. The molecule has 0 aromatic heterocycles. The van der Waals surface area contributed by atoms with Gasteiger partial charge in [-0.15, -0.1) is 11.6 Å². The number of amides is 4. The molecule has 2 atom stereocenters. The quantitative estimate of drug-likeness (QED) is 0.0457. The third-order valence-electron chi connectivity index (χ3n) is 8.38. The largest absolute Gasteiger partial charge is 0.324 e. The number of halogens is 7. The Kier molecular flexibility index (Phi) is 16.6. The average Bonchev–Trinajstić information content (AvgIpc) is 3.21. The van der Waals surface area contributed by atoms with Crippen LogP contribution < -0.4 is 21.3 Å². The number of nitrogens with one attached hydrogen (secondary N) is 4. The fourth-order valence-electron chi connectivity index (χ4n) is 5.22. The van der Waals surface area contributed by atoms with E-state index in [9.17, 15) is 28.8 Å². The summed E-state index contributed by atoms with van der Waals surface area (Å²) in [6.07, 6.45) is 0. The minimum absolute atomic E-state index is 0.00602. The highest BCUT2D eigenvalue weighted by atomic mass is 35.5. The fraction of sp³-hybridized carbons (Fsp3) is 0.122. The van der Waals surface area contributed by atoms with Crippen LogP contribution in [0.5, 0.6) is 0 Å². The summed E-state index contributed by atoms with van der Waals surface area (Å²) >= 11 is 43.0. The average molecular weight is 978 g/mol. The zero-order valence-corrected chi connectivity index (χ0v) is 37.2. The van der Waals surface area contributed by atoms with Gasteiger partial charge in [-0.25, -0.2) is 0 Å². The van der Waals surface area contributed by atoms with Gasteiger partial charge in [-0.1, -0.05) is 69.6 Å². The molecular formula is C41H29Cl7N8O6. The molecule has 0 radical (unpaired) electrons. The predicted octanol–water partition coefficient (Wildman–Crippen LogP) is 12.2. The smallest absolute Gasteiger partial charge is 0.258 e. The molecule has 0 spiro atoms. The minimum atomic E-state index is -1.65. The molecule has 0 fully saturated rings. The Morgan fingerprint density at radius 2 is 0.935 bits per heavy atom. The molecule has 0 bridgehead atoms. The van der Waals surface area contributed by atoms with E-state index < -0.39 is 47.3 Å². The van der Waals surface area contributed by atoms with Crippen LogP contribution in [0.1, 0.15) is 40.1 Å². The molecule has 5 aromatic rings. The number of ketones is 2. The van der Waals surface area contributed by atoms with Crippen molar-refractivity contribution in [3.63, 3.8) is 0 Å². The van der Waals surface area contributed by atoms with E-state index in [1.807, 2.05) is 0 Å². The van der Waals surface area contributed by atoms with E-state index in [2.05, 4.69) is 41.7 Å². The molecule has 21 heteroatoms. The van der Waals surface area contributed by atoms with Crippen molar-refractivity contribution in [2.24, 2.45) is 20.5 Å². The number of rotatable bonds is 15. The van der Waals surface area contributed by atoms with E-state index in [1.54, 1.807) is 12.1 Å². The van der Waals surface area contributed by atoms with Crippen molar-refractivity contribution >= 4 is 151 Å². The van der Waals surface area contributed by atoms with E-state index in [0.717, 1.165) is 13.8 Å². The normalized spacial score (nSPS) is 12.1. The number of anilines is 4. The highest BCUT2D eigenvalue weighted by Gasteiger charge is 2.26. The number of hydrogen-bond acceptors (Lipinski definition) is 10. The van der Waals surface area contributed by atoms with E-state index in [1.165, 1.54) is 78.9 Å². The van der Waals surface area contributed by atoms with Gasteiger partial charge in [-0.2, -0.15) is 20.5 Å². The summed E-state index contributed by atoms with van der Waals surface area (Å²) in [5.74, 6) is -4.37. The Labute approximate surface area is 388 Å². The Bertz CT molecular complexity index is 2680. The van der Waals surface area contributed by atoms with Gasteiger partial charge in [-0.05, 0) is 110 Å². The monoisotopic (exact) mass is 974 g/mol. The van der Waals surface area contributed by atoms with Crippen LogP contribution in [0, 0.1) is 0 Å². The molecule has 318 valence electrons. The lowest BCUT2D eigenvalue weighted by molar-refractivity contribution is -0.127. The summed E-state index contributed by atoms with van der Waals surface area (Å²) in [7, 11) is 0. The zero-order valence-electron chi connectivity index (χ0n) is 31.9. The Balaban J connectivity index is 1.26. The van der Waals surface area contributed by atoms with Gasteiger partial charge in [0.1, 0.15) is 11.4 Å². The third kappa shape index (κ3) is 12.6. The number of benzene rings is 5. The van der Waals surface area contributed by atoms with Crippen molar-refractivity contribution in [3.05, 3.63) is 138 Å². The molecule has 4 N–H and O–H groups in total. The number of carbonyl (C=O) groups is 6. The predicted molar refractivity (Wildman–Crippen MR) is 243 cm³/mol. The molecule has 0 aliphatic carbocycles. The molecule has 0 saturated heterocycles. The molecule has 0 heterocycles. The lowest BCUT2D eigenvalue weighted by atomic mass is 10.1. The zero-order chi connectivity index (χ0) is 45.2. The van der Waals surface area contributed by atoms with Crippen molar-refractivity contribution < 1.29 is 28.8 Å². The van der Waals surface area contributed by atoms with Crippen LogP contribution >= 0.6 is 81.2 Å². The number of alkyl halides is 1. The Morgan fingerprint density at radius 1 is 0.500 bits per heavy atom. The van der Waals surface area contributed by atoms with Gasteiger partial charge in [0.05, 0.1) is 31.5 Å². The second-order valence-electron chi connectivity index (χ2n) is 12.9. The molecule has 2 unspecified atom stereocenters. The first-order valence-corrected chi connectivity index (χ1v) is 20.5. The van der Waals surface area contributed by atoms with Gasteiger partial charge in [-0.3, -0.25) is 28.8 Å². The second kappa shape index (κ2) is 21.6. The first kappa shape index (κ1) is 47.6. The summed E-state index contributed by atoms with van der Waals surface area (Å²) in [5, 5.41) is 27.6. The maximum atomic E-state index is 13.3. The van der Waals surface area contributed by atoms with Gasteiger partial charge in [0.25, 0.3) is 23.6 Å². The molecule has 14 nitrogen and oxygen atoms in total. The summed E-state index contributed by atoms with van der Waals surface area (Å²) < 4.78 is 0. The summed E-state index contributed by atoms with van der Waals surface area (Å²) in [6.45, 7) is 2.27. The number of hydrogen-bond donors (Lipinski definition) is 4. The van der Waals surface area contributed by atoms with E-state index in [4.69, 9.17) is 81.2 Å². The number of Topliss-reactive ketones (excluding diaryl/α,β-unsaturated/α-hetero) is 2. The van der Waals surface area contributed by atoms with Crippen molar-refractivity contribution in [3.8, 4) is 0 Å². The fourth-order valence-corrected chi connectivity index (χ4v) is 6.67. The summed E-state index contributed by atoms with van der Waals surface area (Å²) in [4.78, 5) is 77.6. The molecule has 0 saturated carbocycles. The lowest BCUT2D eigenvalue weighted by Gasteiger charge is -2.15. The maximum absolute atomic E-state index is 13.3. The van der Waals surface area contributed by atoms with Crippen LogP contribution in [-0.4, -0.2) is 47.3 Å². The Morgan fingerprint density at radius 3 is 1.35 bits per heavy atom. The molecule has 62 heavy (non-hydrogen) atoms. The Hall–Kier alpha value is -5.45. The molecule has 0 aliphatic rings. The van der Waals surface area contributed by atoms with Crippen LogP contribution in [0.2, 0.25) is 30.1 Å². The van der Waals surface area contributed by atoms with Crippen LogP contribution in [0.3, 0.4) is 0 Å². The first-order valence-electron chi connectivity index (χ1n) is 17.7. The van der Waals surface area contributed by atoms with Gasteiger partial charge >= 0.3 is 0 Å². The number of azo groups is 2. The van der Waals surface area contributed by atoms with Crippen molar-refractivity contribution in [2.75, 3.05) is 21.3 Å². The van der Waals surface area contributed by atoms with Gasteiger partial charge in [0.15, 0.2) is 11.6 Å². The maximum Gasteiger partial charge on any atom is 0.258 e. The number of carbonyl (C=O) groups excluding carboxylic acids is 6. The minimum Gasteiger partial charge on any atom is -0.324 e. The van der Waals surface area contributed by atoms with Crippen molar-refractivity contribution in [2.45, 2.75) is 31.8 Å². The van der Waals surface area contributed by atoms with Gasteiger partial charge < -0.3 is 21.3 Å². The van der Waals surface area contributed by atoms with Crippen LogP contribution in [0.25, 0.3) is 0 Å². The van der Waals surface area contributed by atoms with Crippen molar-refractivity contribution in [1.82, 2.24) is 0 Å². The van der Waals surface area contributed by atoms with E-state index in [0.29, 0.717) is 27.0 Å². The van der Waals surface area contributed by atoms with Gasteiger partial charge in [0, 0.05) is 38.4 Å². The highest BCUT2D eigenvalue weighted by Crippen LogP contribution is 2.32. The van der Waals surface area contributed by atoms with Crippen LogP contribution in [-0.2, 0) is 25.1 Å².